The van der Waals surface area contributed by atoms with Crippen molar-refractivity contribution in [3.8, 4) is 22.3 Å². The number of benzene rings is 5. The monoisotopic (exact) mass is 360 g/mol. The van der Waals surface area contributed by atoms with E-state index in [-0.39, 0.29) is 0 Å². The van der Waals surface area contributed by atoms with Crippen LogP contribution >= 0.6 is 0 Å². The van der Waals surface area contributed by atoms with Crippen LogP contribution in [0, 0.1) is 0 Å². The lowest BCUT2D eigenvalue weighted by molar-refractivity contribution is 1.64. The zero-order valence-corrected chi connectivity index (χ0v) is 15.4. The summed E-state index contributed by atoms with van der Waals surface area (Å²) in [4.78, 5) is 0. The molecule has 4 N–H and O–H groups in total. The molecule has 0 saturated heterocycles. The van der Waals surface area contributed by atoms with Gasteiger partial charge >= 0.3 is 0 Å². The third-order valence-electron chi connectivity index (χ3n) is 5.28. The smallest absolute Gasteiger partial charge is 0.0320 e. The van der Waals surface area contributed by atoms with Crippen LogP contribution in [0.5, 0.6) is 0 Å². The maximum Gasteiger partial charge on any atom is 0.0320 e. The van der Waals surface area contributed by atoms with Gasteiger partial charge in [-0.2, -0.15) is 0 Å². The Hall–Kier alpha value is -3.78. The fourth-order valence-corrected chi connectivity index (χ4v) is 4.14. The van der Waals surface area contributed by atoms with E-state index >= 15 is 0 Å². The van der Waals surface area contributed by atoms with Crippen LogP contribution in [-0.4, -0.2) is 0 Å². The number of nitrogen functional groups attached to an aromatic ring is 2. The number of hydrogen-bond donors (Lipinski definition) is 2. The Morgan fingerprint density at radius 3 is 1.07 bits per heavy atom. The Morgan fingerprint density at radius 2 is 0.750 bits per heavy atom. The van der Waals surface area contributed by atoms with Gasteiger partial charge in [0.2, 0.25) is 0 Å². The van der Waals surface area contributed by atoms with Crippen LogP contribution in [0.25, 0.3) is 43.8 Å². The molecule has 5 aromatic carbocycles. The Labute approximate surface area is 164 Å². The molecule has 0 bridgehead atoms. The van der Waals surface area contributed by atoms with Crippen molar-refractivity contribution in [1.29, 1.82) is 0 Å². The van der Waals surface area contributed by atoms with Crippen molar-refractivity contribution < 1.29 is 0 Å². The van der Waals surface area contributed by atoms with E-state index in [4.69, 9.17) is 11.5 Å². The standard InChI is InChI=1S/C26H20N2/c27-19-9-5-7-17(15-19)25-21-11-1-2-12-22(21)26(18-8-6-10-20(28)16-18)24-14-4-3-13-23(24)25/h1-16H,27-28H2. The van der Waals surface area contributed by atoms with Crippen molar-refractivity contribution in [3.05, 3.63) is 97.1 Å². The normalized spacial score (nSPS) is 11.1. The largest absolute Gasteiger partial charge is 0.399 e. The van der Waals surface area contributed by atoms with Crippen molar-refractivity contribution in [2.75, 3.05) is 11.5 Å². The van der Waals surface area contributed by atoms with Crippen LogP contribution in [0.4, 0.5) is 11.4 Å². The topological polar surface area (TPSA) is 52.0 Å². The van der Waals surface area contributed by atoms with Crippen molar-refractivity contribution in [2.24, 2.45) is 0 Å². The molecule has 0 aliphatic carbocycles. The molecule has 134 valence electrons. The highest BCUT2D eigenvalue weighted by atomic mass is 14.5. The molecular weight excluding hydrogens is 340 g/mol. The van der Waals surface area contributed by atoms with E-state index in [1.807, 2.05) is 36.4 Å². The molecule has 0 fully saturated rings. The molecule has 0 aliphatic rings. The van der Waals surface area contributed by atoms with Crippen molar-refractivity contribution in [1.82, 2.24) is 0 Å². The summed E-state index contributed by atoms with van der Waals surface area (Å²) < 4.78 is 0. The van der Waals surface area contributed by atoms with E-state index in [0.717, 1.165) is 22.5 Å². The first-order valence-electron chi connectivity index (χ1n) is 9.37. The van der Waals surface area contributed by atoms with Gasteiger partial charge in [-0.25, -0.2) is 0 Å². The van der Waals surface area contributed by atoms with Crippen molar-refractivity contribution in [3.63, 3.8) is 0 Å². The lowest BCUT2D eigenvalue weighted by Crippen LogP contribution is -1.92. The molecule has 2 nitrogen and oxygen atoms in total. The van der Waals surface area contributed by atoms with Gasteiger partial charge in [-0.05, 0) is 68.1 Å². The molecule has 0 spiro atoms. The second-order valence-corrected chi connectivity index (χ2v) is 7.09. The van der Waals surface area contributed by atoms with E-state index in [0.29, 0.717) is 0 Å². The lowest BCUT2D eigenvalue weighted by atomic mass is 9.86. The Kier molecular flexibility index (Phi) is 3.77. The molecule has 2 heteroatoms. The van der Waals surface area contributed by atoms with Gasteiger partial charge in [0, 0.05) is 11.4 Å². The number of anilines is 2. The van der Waals surface area contributed by atoms with Gasteiger partial charge in [0.05, 0.1) is 0 Å². The molecular formula is C26H20N2. The van der Waals surface area contributed by atoms with Crippen LogP contribution in [-0.2, 0) is 0 Å². The van der Waals surface area contributed by atoms with Gasteiger partial charge in [-0.3, -0.25) is 0 Å². The molecule has 0 amide bonds. The van der Waals surface area contributed by atoms with Gasteiger partial charge in [0.15, 0.2) is 0 Å². The van der Waals surface area contributed by atoms with Crippen LogP contribution < -0.4 is 11.5 Å². The maximum atomic E-state index is 6.11. The minimum atomic E-state index is 0.769. The summed E-state index contributed by atoms with van der Waals surface area (Å²) in [5, 5.41) is 4.85. The summed E-state index contributed by atoms with van der Waals surface area (Å²) >= 11 is 0. The maximum absolute atomic E-state index is 6.11. The first-order valence-corrected chi connectivity index (χ1v) is 9.37. The highest BCUT2D eigenvalue weighted by Gasteiger charge is 2.16. The predicted octanol–water partition coefficient (Wildman–Crippen LogP) is 6.49. The van der Waals surface area contributed by atoms with E-state index in [1.54, 1.807) is 0 Å². The van der Waals surface area contributed by atoms with E-state index < -0.39 is 0 Å². The Morgan fingerprint density at radius 1 is 0.393 bits per heavy atom. The molecule has 28 heavy (non-hydrogen) atoms. The minimum Gasteiger partial charge on any atom is -0.399 e. The zero-order valence-electron chi connectivity index (χ0n) is 15.4. The summed E-state index contributed by atoms with van der Waals surface area (Å²) in [6, 6.07) is 33.4. The van der Waals surface area contributed by atoms with E-state index in [1.165, 1.54) is 32.7 Å². The molecule has 0 aromatic heterocycles. The van der Waals surface area contributed by atoms with Gasteiger partial charge < -0.3 is 11.5 Å². The van der Waals surface area contributed by atoms with Crippen LogP contribution in [0.2, 0.25) is 0 Å². The van der Waals surface area contributed by atoms with Crippen molar-refractivity contribution >= 4 is 32.9 Å². The fourth-order valence-electron chi connectivity index (χ4n) is 4.14. The van der Waals surface area contributed by atoms with Gasteiger partial charge in [-0.15, -0.1) is 0 Å². The number of rotatable bonds is 2. The lowest BCUT2D eigenvalue weighted by Gasteiger charge is -2.18. The molecule has 0 radical (unpaired) electrons. The average Bonchev–Trinajstić information content (AvgIpc) is 2.72. The number of nitrogens with two attached hydrogens (primary N) is 2. The third-order valence-corrected chi connectivity index (χ3v) is 5.28. The highest BCUT2D eigenvalue weighted by molar-refractivity contribution is 6.21. The predicted molar refractivity (Wildman–Crippen MR) is 121 cm³/mol. The van der Waals surface area contributed by atoms with Crippen molar-refractivity contribution in [2.45, 2.75) is 0 Å². The summed E-state index contributed by atoms with van der Waals surface area (Å²) in [6.07, 6.45) is 0. The molecule has 0 heterocycles. The SMILES string of the molecule is Nc1cccc(-c2c3ccccc3c(-c3cccc(N)c3)c3ccccc23)c1. The number of fused-ring (bicyclic) bond motifs is 2. The molecule has 0 atom stereocenters. The highest BCUT2D eigenvalue weighted by Crippen LogP contribution is 2.43. The van der Waals surface area contributed by atoms with Gasteiger partial charge in [0.1, 0.15) is 0 Å². The molecule has 0 saturated carbocycles. The summed E-state index contributed by atoms with van der Waals surface area (Å²) in [7, 11) is 0. The molecule has 5 aromatic rings. The minimum absolute atomic E-state index is 0.769. The number of hydrogen-bond acceptors (Lipinski definition) is 2. The Balaban J connectivity index is 2.00. The van der Waals surface area contributed by atoms with E-state index in [9.17, 15) is 0 Å². The quantitative estimate of drug-likeness (QED) is 0.279. The fraction of sp³-hybridized carbons (Fsp3) is 0. The second-order valence-electron chi connectivity index (χ2n) is 7.09. The second kappa shape index (κ2) is 6.43. The third kappa shape index (κ3) is 2.58. The van der Waals surface area contributed by atoms with Gasteiger partial charge in [0.25, 0.3) is 0 Å². The van der Waals surface area contributed by atoms with Gasteiger partial charge in [-0.1, -0.05) is 72.8 Å². The zero-order chi connectivity index (χ0) is 19.1. The Bertz CT molecular complexity index is 1170. The summed E-state index contributed by atoms with van der Waals surface area (Å²) in [5.74, 6) is 0. The first kappa shape index (κ1) is 16.4. The average molecular weight is 360 g/mol. The van der Waals surface area contributed by atoms with Crippen LogP contribution in [0.3, 0.4) is 0 Å². The molecule has 0 unspecified atom stereocenters. The van der Waals surface area contributed by atoms with Crippen LogP contribution in [0.15, 0.2) is 97.1 Å². The molecule has 5 rings (SSSR count). The summed E-state index contributed by atoms with van der Waals surface area (Å²) in [6.45, 7) is 0. The first-order chi connectivity index (χ1) is 13.7. The molecule has 0 aliphatic heterocycles. The summed E-state index contributed by atoms with van der Waals surface area (Å²) in [5.41, 5.74) is 18.4. The van der Waals surface area contributed by atoms with Crippen LogP contribution in [0.1, 0.15) is 0 Å². The van der Waals surface area contributed by atoms with E-state index in [2.05, 4.69) is 60.7 Å².